The molecular weight excluding hydrogens is 262 g/mol. The zero-order valence-electron chi connectivity index (χ0n) is 11.7. The number of aryl methyl sites for hydroxylation is 1. The van der Waals surface area contributed by atoms with Gasteiger partial charge in [0.15, 0.2) is 12.4 Å². The highest BCUT2D eigenvalue weighted by atomic mass is 16.5. The number of nitrogens with zero attached hydrogens (tertiary/aromatic N) is 1. The number of carbonyl (C=O) groups excluding carboxylic acids is 1. The van der Waals surface area contributed by atoms with E-state index in [0.29, 0.717) is 11.3 Å². The van der Waals surface area contributed by atoms with Crippen molar-refractivity contribution in [1.29, 1.82) is 5.26 Å². The molecule has 3 nitrogen and oxygen atoms in total. The van der Waals surface area contributed by atoms with Crippen LogP contribution < -0.4 is 4.74 Å². The Morgan fingerprint density at radius 1 is 1.19 bits per heavy atom. The number of ketones is 1. The second-order valence-corrected chi connectivity index (χ2v) is 4.53. The van der Waals surface area contributed by atoms with Gasteiger partial charge in [-0.25, -0.2) is 0 Å². The maximum absolute atomic E-state index is 12.1. The summed E-state index contributed by atoms with van der Waals surface area (Å²) in [7, 11) is 0. The Morgan fingerprint density at radius 2 is 1.90 bits per heavy atom. The largest absolute Gasteiger partial charge is 0.479 e. The van der Waals surface area contributed by atoms with Crippen LogP contribution in [0.3, 0.4) is 0 Å². The van der Waals surface area contributed by atoms with Gasteiger partial charge in [0, 0.05) is 5.56 Å². The first-order chi connectivity index (χ1) is 10.2. The highest BCUT2D eigenvalue weighted by Gasteiger charge is 2.04. The topological polar surface area (TPSA) is 50.1 Å². The van der Waals surface area contributed by atoms with Gasteiger partial charge >= 0.3 is 0 Å². The smallest absolute Gasteiger partial charge is 0.186 e. The van der Waals surface area contributed by atoms with Crippen LogP contribution >= 0.6 is 0 Å². The maximum Gasteiger partial charge on any atom is 0.186 e. The van der Waals surface area contributed by atoms with E-state index in [0.717, 1.165) is 11.1 Å². The van der Waals surface area contributed by atoms with Gasteiger partial charge in [-0.2, -0.15) is 5.26 Å². The van der Waals surface area contributed by atoms with Gasteiger partial charge in [0.2, 0.25) is 0 Å². The number of ether oxygens (including phenoxy) is 1. The van der Waals surface area contributed by atoms with Gasteiger partial charge < -0.3 is 4.74 Å². The molecule has 2 rings (SSSR count). The van der Waals surface area contributed by atoms with Crippen molar-refractivity contribution in [3.63, 3.8) is 0 Å². The van der Waals surface area contributed by atoms with Crippen molar-refractivity contribution in [1.82, 2.24) is 0 Å². The van der Waals surface area contributed by atoms with Gasteiger partial charge in [-0.15, -0.1) is 0 Å². The van der Waals surface area contributed by atoms with Crippen LogP contribution in [0, 0.1) is 18.3 Å². The molecule has 0 aliphatic heterocycles. The third-order valence-corrected chi connectivity index (χ3v) is 3.02. The Hall–Kier alpha value is -2.86. The normalized spacial score (nSPS) is 10.3. The van der Waals surface area contributed by atoms with E-state index in [1.54, 1.807) is 24.3 Å². The summed E-state index contributed by atoms with van der Waals surface area (Å²) in [5, 5.41) is 8.43. The third-order valence-electron chi connectivity index (χ3n) is 3.02. The lowest BCUT2D eigenvalue weighted by Crippen LogP contribution is -1.97. The van der Waals surface area contributed by atoms with E-state index >= 15 is 0 Å². The molecule has 0 heterocycles. The SMILES string of the molecule is Cc1ccccc1C(=O)/C=C/c1ccc(OCC#N)cc1. The minimum atomic E-state index is -0.0158. The Balaban J connectivity index is 2.06. The fourth-order valence-electron chi connectivity index (χ4n) is 1.90. The zero-order chi connectivity index (χ0) is 15.1. The first-order valence-electron chi connectivity index (χ1n) is 6.58. The molecule has 104 valence electrons. The summed E-state index contributed by atoms with van der Waals surface area (Å²) in [6, 6.07) is 16.7. The fourth-order valence-corrected chi connectivity index (χ4v) is 1.90. The monoisotopic (exact) mass is 277 g/mol. The van der Waals surface area contributed by atoms with E-state index in [4.69, 9.17) is 10.00 Å². The van der Waals surface area contributed by atoms with Gasteiger partial charge in [0.1, 0.15) is 11.8 Å². The first kappa shape index (κ1) is 14.5. The molecule has 0 bridgehead atoms. The molecule has 21 heavy (non-hydrogen) atoms. The molecule has 0 amide bonds. The summed E-state index contributed by atoms with van der Waals surface area (Å²) in [6.07, 6.45) is 3.33. The molecule has 0 saturated heterocycles. The minimum absolute atomic E-state index is 0.0158. The van der Waals surface area contributed by atoms with Crippen LogP contribution in [0.25, 0.3) is 6.08 Å². The molecule has 0 spiro atoms. The summed E-state index contributed by atoms with van der Waals surface area (Å²) < 4.78 is 5.17. The molecule has 0 atom stereocenters. The number of allylic oxidation sites excluding steroid dienone is 1. The van der Waals surface area contributed by atoms with E-state index in [1.165, 1.54) is 0 Å². The van der Waals surface area contributed by atoms with Gasteiger partial charge in [-0.3, -0.25) is 4.79 Å². The molecule has 0 saturated carbocycles. The lowest BCUT2D eigenvalue weighted by molar-refractivity contribution is 0.104. The van der Waals surface area contributed by atoms with Crippen molar-refractivity contribution < 1.29 is 9.53 Å². The van der Waals surface area contributed by atoms with Crippen LogP contribution in [0.5, 0.6) is 5.75 Å². The Kier molecular flexibility index (Phi) is 4.89. The van der Waals surface area contributed by atoms with Crippen LogP contribution in [-0.2, 0) is 0 Å². The molecule has 0 unspecified atom stereocenters. The van der Waals surface area contributed by atoms with Gasteiger partial charge in [-0.05, 0) is 36.3 Å². The second-order valence-electron chi connectivity index (χ2n) is 4.53. The highest BCUT2D eigenvalue weighted by Crippen LogP contribution is 2.14. The van der Waals surface area contributed by atoms with Gasteiger partial charge in [0.05, 0.1) is 0 Å². The van der Waals surface area contributed by atoms with E-state index in [-0.39, 0.29) is 12.4 Å². The maximum atomic E-state index is 12.1. The molecule has 0 aliphatic carbocycles. The number of hydrogen-bond donors (Lipinski definition) is 0. The van der Waals surface area contributed by atoms with Crippen molar-refractivity contribution in [2.45, 2.75) is 6.92 Å². The van der Waals surface area contributed by atoms with Gasteiger partial charge in [-0.1, -0.05) is 42.5 Å². The average Bonchev–Trinajstić information content (AvgIpc) is 2.52. The molecule has 2 aromatic rings. The van der Waals surface area contributed by atoms with Crippen LogP contribution in [-0.4, -0.2) is 12.4 Å². The fraction of sp³-hybridized carbons (Fsp3) is 0.111. The molecule has 0 fully saturated rings. The number of rotatable bonds is 5. The molecule has 0 radical (unpaired) electrons. The molecule has 0 aromatic heterocycles. The van der Waals surface area contributed by atoms with E-state index in [1.807, 2.05) is 49.4 Å². The number of benzene rings is 2. The average molecular weight is 277 g/mol. The lowest BCUT2D eigenvalue weighted by Gasteiger charge is -2.02. The quantitative estimate of drug-likeness (QED) is 0.617. The zero-order valence-corrected chi connectivity index (χ0v) is 11.7. The lowest BCUT2D eigenvalue weighted by atomic mass is 10.0. The molecule has 0 aliphatic rings. The van der Waals surface area contributed by atoms with Crippen molar-refractivity contribution in [3.8, 4) is 11.8 Å². The molecular formula is C18H15NO2. The summed E-state index contributed by atoms with van der Waals surface area (Å²) in [5.74, 6) is 0.622. The van der Waals surface area contributed by atoms with Crippen LogP contribution in [0.4, 0.5) is 0 Å². The first-order valence-corrected chi connectivity index (χ1v) is 6.58. The van der Waals surface area contributed by atoms with Crippen molar-refractivity contribution in [3.05, 3.63) is 71.3 Å². The van der Waals surface area contributed by atoms with E-state index in [9.17, 15) is 4.79 Å². The molecule has 2 aromatic carbocycles. The van der Waals surface area contributed by atoms with Crippen molar-refractivity contribution >= 4 is 11.9 Å². The predicted molar refractivity (Wildman–Crippen MR) is 82.1 cm³/mol. The predicted octanol–water partition coefficient (Wildman–Crippen LogP) is 3.79. The molecule has 3 heteroatoms. The van der Waals surface area contributed by atoms with E-state index < -0.39 is 0 Å². The summed E-state index contributed by atoms with van der Waals surface area (Å²) in [4.78, 5) is 12.1. The summed E-state index contributed by atoms with van der Waals surface area (Å²) in [6.45, 7) is 1.95. The standard InChI is InChI=1S/C18H15NO2/c1-14-4-2-3-5-17(14)18(20)11-8-15-6-9-16(10-7-15)21-13-12-19/h2-11H,13H2,1H3/b11-8+. The van der Waals surface area contributed by atoms with Crippen LogP contribution in [0.2, 0.25) is 0 Å². The number of hydrogen-bond acceptors (Lipinski definition) is 3. The molecule has 0 N–H and O–H groups in total. The van der Waals surface area contributed by atoms with E-state index in [2.05, 4.69) is 0 Å². The number of carbonyl (C=O) groups is 1. The minimum Gasteiger partial charge on any atom is -0.479 e. The van der Waals surface area contributed by atoms with Crippen molar-refractivity contribution in [2.75, 3.05) is 6.61 Å². The van der Waals surface area contributed by atoms with Crippen LogP contribution in [0.1, 0.15) is 21.5 Å². The third kappa shape index (κ3) is 4.05. The van der Waals surface area contributed by atoms with Crippen LogP contribution in [0.15, 0.2) is 54.6 Å². The van der Waals surface area contributed by atoms with Gasteiger partial charge in [0.25, 0.3) is 0 Å². The summed E-state index contributed by atoms with van der Waals surface area (Å²) in [5.41, 5.74) is 2.58. The Labute approximate surface area is 124 Å². The van der Waals surface area contributed by atoms with Crippen molar-refractivity contribution in [2.24, 2.45) is 0 Å². The summed E-state index contributed by atoms with van der Waals surface area (Å²) >= 11 is 0. The number of nitriles is 1. The Bertz CT molecular complexity index is 694. The second kappa shape index (κ2) is 7.06. The Morgan fingerprint density at radius 3 is 2.57 bits per heavy atom. The highest BCUT2D eigenvalue weighted by molar-refractivity contribution is 6.07.